The monoisotopic (exact) mass is 185 g/mol. The van der Waals surface area contributed by atoms with Crippen LogP contribution in [0.4, 0.5) is 0 Å². The number of thioether (sulfide) groups is 1. The van der Waals surface area contributed by atoms with Crippen LogP contribution >= 0.6 is 11.8 Å². The minimum atomic E-state index is 0.853. The van der Waals surface area contributed by atoms with Gasteiger partial charge in [-0.25, -0.2) is 0 Å². The quantitative estimate of drug-likeness (QED) is 0.723. The Balaban J connectivity index is 1.85. The van der Waals surface area contributed by atoms with Gasteiger partial charge in [-0.3, -0.25) is 0 Å². The summed E-state index contributed by atoms with van der Waals surface area (Å²) in [5, 5.41) is 3.52. The van der Waals surface area contributed by atoms with E-state index >= 15 is 0 Å². The van der Waals surface area contributed by atoms with Crippen LogP contribution in [0.5, 0.6) is 0 Å². The number of hydrogen-bond acceptors (Lipinski definition) is 2. The maximum absolute atomic E-state index is 3.52. The van der Waals surface area contributed by atoms with Gasteiger partial charge in [-0.15, -0.1) is 0 Å². The van der Waals surface area contributed by atoms with Gasteiger partial charge in [-0.2, -0.15) is 11.8 Å². The Bertz CT molecular complexity index is 139. The molecule has 0 aromatic carbocycles. The second-order valence-corrected chi connectivity index (χ2v) is 5.33. The Morgan fingerprint density at radius 1 is 1.08 bits per heavy atom. The average Bonchev–Trinajstić information content (AvgIpc) is 2.92. The third-order valence-electron chi connectivity index (χ3n) is 3.24. The summed E-state index contributed by atoms with van der Waals surface area (Å²) in [7, 11) is 2.14. The Kier molecular flexibility index (Phi) is 2.97. The topological polar surface area (TPSA) is 12.0 Å². The zero-order valence-electron chi connectivity index (χ0n) is 7.88. The molecule has 2 aliphatic rings. The van der Waals surface area contributed by atoms with E-state index in [1.54, 1.807) is 0 Å². The van der Waals surface area contributed by atoms with Crippen LogP contribution in [0.3, 0.4) is 0 Å². The molecule has 1 saturated heterocycles. The lowest BCUT2D eigenvalue weighted by Gasteiger charge is -2.29. The number of rotatable bonds is 3. The van der Waals surface area contributed by atoms with Crippen molar-refractivity contribution in [3.8, 4) is 0 Å². The number of nitrogens with one attached hydrogen (secondary N) is 1. The molecule has 0 spiro atoms. The molecule has 1 aliphatic heterocycles. The zero-order chi connectivity index (χ0) is 8.39. The standard InChI is InChI=1S/C10H19NS/c1-11-10(8-2-3-8)9-4-6-12-7-5-9/h8-11H,2-7H2,1H3. The first-order chi connectivity index (χ1) is 5.92. The summed E-state index contributed by atoms with van der Waals surface area (Å²) in [4.78, 5) is 0. The molecular weight excluding hydrogens is 166 g/mol. The predicted octanol–water partition coefficient (Wildman–Crippen LogP) is 2.13. The van der Waals surface area contributed by atoms with Gasteiger partial charge in [0, 0.05) is 6.04 Å². The highest BCUT2D eigenvalue weighted by Crippen LogP contribution is 2.39. The van der Waals surface area contributed by atoms with E-state index in [1.807, 2.05) is 0 Å². The third kappa shape index (κ3) is 1.97. The Morgan fingerprint density at radius 3 is 2.17 bits per heavy atom. The summed E-state index contributed by atoms with van der Waals surface area (Å²) in [6.45, 7) is 0. The van der Waals surface area contributed by atoms with Crippen molar-refractivity contribution in [3.05, 3.63) is 0 Å². The molecule has 70 valence electrons. The van der Waals surface area contributed by atoms with Gasteiger partial charge in [-0.05, 0) is 56.1 Å². The van der Waals surface area contributed by atoms with Gasteiger partial charge in [0.25, 0.3) is 0 Å². The molecule has 2 heteroatoms. The second kappa shape index (κ2) is 4.01. The SMILES string of the molecule is CNC(C1CCSCC1)C1CC1. The van der Waals surface area contributed by atoms with Gasteiger partial charge in [-0.1, -0.05) is 0 Å². The predicted molar refractivity (Wildman–Crippen MR) is 55.6 cm³/mol. The third-order valence-corrected chi connectivity index (χ3v) is 4.29. The van der Waals surface area contributed by atoms with Gasteiger partial charge in [0.15, 0.2) is 0 Å². The molecule has 0 amide bonds. The maximum Gasteiger partial charge on any atom is 0.0121 e. The lowest BCUT2D eigenvalue weighted by Crippen LogP contribution is -2.37. The molecule has 0 radical (unpaired) electrons. The summed E-state index contributed by atoms with van der Waals surface area (Å²) in [5.41, 5.74) is 0. The molecule has 2 rings (SSSR count). The van der Waals surface area contributed by atoms with E-state index in [0.29, 0.717) is 0 Å². The van der Waals surface area contributed by atoms with Crippen LogP contribution in [0, 0.1) is 11.8 Å². The molecule has 1 N–H and O–H groups in total. The fraction of sp³-hybridized carbons (Fsp3) is 1.00. The maximum atomic E-state index is 3.52. The fourth-order valence-corrected chi connectivity index (χ4v) is 3.53. The molecule has 1 atom stereocenters. The van der Waals surface area contributed by atoms with Gasteiger partial charge in [0.2, 0.25) is 0 Å². The average molecular weight is 185 g/mol. The second-order valence-electron chi connectivity index (χ2n) is 4.10. The smallest absolute Gasteiger partial charge is 0.0121 e. The summed E-state index contributed by atoms with van der Waals surface area (Å²) >= 11 is 2.13. The molecule has 0 aromatic heterocycles. The summed E-state index contributed by atoms with van der Waals surface area (Å²) < 4.78 is 0. The first-order valence-electron chi connectivity index (χ1n) is 5.17. The normalized spacial score (nSPS) is 28.8. The van der Waals surface area contributed by atoms with Crippen molar-refractivity contribution in [2.75, 3.05) is 18.6 Å². The minimum Gasteiger partial charge on any atom is -0.316 e. The number of hydrogen-bond donors (Lipinski definition) is 1. The van der Waals surface area contributed by atoms with E-state index in [9.17, 15) is 0 Å². The van der Waals surface area contributed by atoms with E-state index in [4.69, 9.17) is 0 Å². The van der Waals surface area contributed by atoms with Crippen molar-refractivity contribution in [2.45, 2.75) is 31.7 Å². The molecule has 1 heterocycles. The van der Waals surface area contributed by atoms with E-state index < -0.39 is 0 Å². The molecule has 12 heavy (non-hydrogen) atoms. The van der Waals surface area contributed by atoms with E-state index in [-0.39, 0.29) is 0 Å². The minimum absolute atomic E-state index is 0.853. The van der Waals surface area contributed by atoms with Crippen molar-refractivity contribution in [1.82, 2.24) is 5.32 Å². The largest absolute Gasteiger partial charge is 0.316 e. The molecule has 0 aromatic rings. The highest BCUT2D eigenvalue weighted by molar-refractivity contribution is 7.99. The van der Waals surface area contributed by atoms with Crippen LogP contribution in [0.15, 0.2) is 0 Å². The van der Waals surface area contributed by atoms with Gasteiger partial charge >= 0.3 is 0 Å². The van der Waals surface area contributed by atoms with Crippen LogP contribution in [0.1, 0.15) is 25.7 Å². The van der Waals surface area contributed by atoms with Crippen molar-refractivity contribution in [2.24, 2.45) is 11.8 Å². The Morgan fingerprint density at radius 2 is 1.67 bits per heavy atom. The molecule has 0 bridgehead atoms. The molecule has 1 saturated carbocycles. The van der Waals surface area contributed by atoms with Crippen molar-refractivity contribution < 1.29 is 0 Å². The molecule has 1 nitrogen and oxygen atoms in total. The first-order valence-corrected chi connectivity index (χ1v) is 6.32. The lowest BCUT2D eigenvalue weighted by molar-refractivity contribution is 0.319. The van der Waals surface area contributed by atoms with Crippen LogP contribution in [-0.2, 0) is 0 Å². The van der Waals surface area contributed by atoms with Crippen LogP contribution < -0.4 is 5.32 Å². The van der Waals surface area contributed by atoms with Gasteiger partial charge in [0.05, 0.1) is 0 Å². The Hall–Kier alpha value is 0.310. The molecule has 2 fully saturated rings. The van der Waals surface area contributed by atoms with E-state index in [2.05, 4.69) is 24.1 Å². The van der Waals surface area contributed by atoms with Crippen LogP contribution in [0.25, 0.3) is 0 Å². The summed E-state index contributed by atoms with van der Waals surface area (Å²) in [5.74, 6) is 4.82. The lowest BCUT2D eigenvalue weighted by atomic mass is 9.90. The highest BCUT2D eigenvalue weighted by atomic mass is 32.2. The van der Waals surface area contributed by atoms with Crippen LogP contribution in [-0.4, -0.2) is 24.6 Å². The van der Waals surface area contributed by atoms with Gasteiger partial charge < -0.3 is 5.32 Å². The summed E-state index contributed by atoms with van der Waals surface area (Å²) in [6.07, 6.45) is 5.86. The molecular formula is C10H19NS. The van der Waals surface area contributed by atoms with Crippen LogP contribution in [0.2, 0.25) is 0 Å². The van der Waals surface area contributed by atoms with Crippen molar-refractivity contribution in [1.29, 1.82) is 0 Å². The van der Waals surface area contributed by atoms with Crippen molar-refractivity contribution in [3.63, 3.8) is 0 Å². The molecule has 1 unspecified atom stereocenters. The van der Waals surface area contributed by atoms with E-state index in [0.717, 1.165) is 17.9 Å². The zero-order valence-corrected chi connectivity index (χ0v) is 8.70. The summed E-state index contributed by atoms with van der Waals surface area (Å²) in [6, 6.07) is 0.853. The molecule has 1 aliphatic carbocycles. The first kappa shape index (κ1) is 8.89. The van der Waals surface area contributed by atoms with Gasteiger partial charge in [0.1, 0.15) is 0 Å². The highest BCUT2D eigenvalue weighted by Gasteiger charge is 2.35. The Labute approximate surface area is 79.7 Å². The van der Waals surface area contributed by atoms with Crippen molar-refractivity contribution >= 4 is 11.8 Å². The fourth-order valence-electron chi connectivity index (χ4n) is 2.39. The van der Waals surface area contributed by atoms with E-state index in [1.165, 1.54) is 37.2 Å².